The molecule has 1 heterocycles. The Morgan fingerprint density at radius 1 is 1.33 bits per heavy atom. The lowest BCUT2D eigenvalue weighted by atomic mass is 10.0. The Hall–Kier alpha value is -2.63. The van der Waals surface area contributed by atoms with E-state index in [4.69, 9.17) is 5.11 Å². The van der Waals surface area contributed by atoms with Crippen LogP contribution in [0.5, 0.6) is 0 Å². The van der Waals surface area contributed by atoms with Gasteiger partial charge in [0.25, 0.3) is 0 Å². The summed E-state index contributed by atoms with van der Waals surface area (Å²) in [5.74, 6) is -1.26. The van der Waals surface area contributed by atoms with Crippen molar-refractivity contribution in [3.8, 4) is 0 Å². The molecular weight excluding hydrogens is 270 g/mol. The molecule has 0 aliphatic heterocycles. The van der Waals surface area contributed by atoms with Gasteiger partial charge in [-0.15, -0.1) is 0 Å². The van der Waals surface area contributed by atoms with Gasteiger partial charge in [0, 0.05) is 6.20 Å². The molecule has 0 radical (unpaired) electrons. The maximum atomic E-state index is 12.0. The number of nitrogens with zero attached hydrogens (tertiary/aromatic N) is 2. The zero-order chi connectivity index (χ0) is 15.2. The molecule has 110 valence electrons. The number of carboxylic acid groups (broad SMARTS) is 1. The minimum Gasteiger partial charge on any atom is -0.478 e. The second-order valence-corrected chi connectivity index (χ2v) is 4.67. The molecule has 1 aromatic carbocycles. The highest BCUT2D eigenvalue weighted by Gasteiger charge is 2.14. The van der Waals surface area contributed by atoms with Crippen molar-refractivity contribution in [2.24, 2.45) is 0 Å². The number of carbonyl (C=O) groups excluding carboxylic acids is 1. The van der Waals surface area contributed by atoms with Crippen molar-refractivity contribution in [3.05, 3.63) is 53.9 Å². The largest absolute Gasteiger partial charge is 0.478 e. The number of benzene rings is 1. The van der Waals surface area contributed by atoms with Crippen molar-refractivity contribution >= 4 is 11.9 Å². The van der Waals surface area contributed by atoms with Gasteiger partial charge in [-0.3, -0.25) is 9.48 Å². The topological polar surface area (TPSA) is 84.2 Å². The van der Waals surface area contributed by atoms with Crippen molar-refractivity contribution < 1.29 is 14.7 Å². The van der Waals surface area contributed by atoms with E-state index >= 15 is 0 Å². The van der Waals surface area contributed by atoms with E-state index in [0.717, 1.165) is 12.0 Å². The molecule has 0 saturated heterocycles. The van der Waals surface area contributed by atoms with Crippen molar-refractivity contribution in [1.29, 1.82) is 0 Å². The van der Waals surface area contributed by atoms with Gasteiger partial charge in [0.2, 0.25) is 5.91 Å². The van der Waals surface area contributed by atoms with Gasteiger partial charge >= 0.3 is 5.97 Å². The fraction of sp³-hybridized carbons (Fsp3) is 0.267. The third-order valence-corrected chi connectivity index (χ3v) is 3.13. The average Bonchev–Trinajstić information content (AvgIpc) is 2.94. The lowest BCUT2D eigenvalue weighted by molar-refractivity contribution is -0.122. The minimum absolute atomic E-state index is 0.00336. The molecule has 6 heteroatoms. The molecule has 0 bridgehead atoms. The first-order chi connectivity index (χ1) is 10.1. The van der Waals surface area contributed by atoms with Gasteiger partial charge in [-0.05, 0) is 12.0 Å². The van der Waals surface area contributed by atoms with Crippen molar-refractivity contribution in [2.45, 2.75) is 25.9 Å². The van der Waals surface area contributed by atoms with Gasteiger partial charge in [0.1, 0.15) is 6.54 Å². The Balaban J connectivity index is 1.98. The first-order valence-electron chi connectivity index (χ1n) is 6.70. The lowest BCUT2D eigenvalue weighted by Gasteiger charge is -2.17. The molecule has 2 aromatic rings. The zero-order valence-corrected chi connectivity index (χ0v) is 11.7. The van der Waals surface area contributed by atoms with Crippen LogP contribution in [-0.2, 0) is 11.3 Å². The molecule has 0 aliphatic rings. The Bertz CT molecular complexity index is 622. The second-order valence-electron chi connectivity index (χ2n) is 4.67. The Morgan fingerprint density at radius 3 is 2.62 bits per heavy atom. The fourth-order valence-corrected chi connectivity index (χ4v) is 2.05. The molecule has 0 saturated carbocycles. The number of rotatable bonds is 6. The van der Waals surface area contributed by atoms with Crippen LogP contribution in [0.25, 0.3) is 0 Å². The molecule has 2 N–H and O–H groups in total. The van der Waals surface area contributed by atoms with E-state index in [1.165, 1.54) is 17.1 Å². The molecule has 1 atom stereocenters. The number of carboxylic acids is 1. The molecule has 1 aromatic heterocycles. The van der Waals surface area contributed by atoms with Crippen LogP contribution in [0.1, 0.15) is 35.3 Å². The number of amides is 1. The Morgan fingerprint density at radius 2 is 2.05 bits per heavy atom. The van der Waals surface area contributed by atoms with Gasteiger partial charge in [-0.2, -0.15) is 5.10 Å². The first kappa shape index (κ1) is 14.8. The lowest BCUT2D eigenvalue weighted by Crippen LogP contribution is -2.31. The van der Waals surface area contributed by atoms with E-state index < -0.39 is 5.97 Å². The quantitative estimate of drug-likeness (QED) is 0.849. The van der Waals surface area contributed by atoms with Crippen molar-refractivity contribution in [3.63, 3.8) is 0 Å². The molecule has 0 spiro atoms. The van der Waals surface area contributed by atoms with Crippen molar-refractivity contribution in [2.75, 3.05) is 0 Å². The number of aromatic carboxylic acids is 1. The van der Waals surface area contributed by atoms with E-state index in [-0.39, 0.29) is 24.1 Å². The van der Waals surface area contributed by atoms with Gasteiger partial charge in [0.05, 0.1) is 17.8 Å². The molecule has 6 nitrogen and oxygen atoms in total. The summed E-state index contributed by atoms with van der Waals surface area (Å²) in [5, 5.41) is 15.6. The molecule has 1 amide bonds. The van der Waals surface area contributed by atoms with Crippen LogP contribution in [0.15, 0.2) is 42.7 Å². The maximum absolute atomic E-state index is 12.0. The van der Waals surface area contributed by atoms with Gasteiger partial charge in [0.15, 0.2) is 0 Å². The third-order valence-electron chi connectivity index (χ3n) is 3.13. The van der Waals surface area contributed by atoms with Gasteiger partial charge < -0.3 is 10.4 Å². The summed E-state index contributed by atoms with van der Waals surface area (Å²) in [6, 6.07) is 9.65. The zero-order valence-electron chi connectivity index (χ0n) is 11.7. The maximum Gasteiger partial charge on any atom is 0.338 e. The highest BCUT2D eigenvalue weighted by Crippen LogP contribution is 2.15. The van der Waals surface area contributed by atoms with Crippen molar-refractivity contribution in [1.82, 2.24) is 15.1 Å². The smallest absolute Gasteiger partial charge is 0.338 e. The highest BCUT2D eigenvalue weighted by atomic mass is 16.4. The molecular formula is C15H17N3O3. The normalized spacial score (nSPS) is 11.9. The van der Waals surface area contributed by atoms with Gasteiger partial charge in [-0.25, -0.2) is 4.79 Å². The summed E-state index contributed by atoms with van der Waals surface area (Å²) >= 11 is 0. The summed E-state index contributed by atoms with van der Waals surface area (Å²) in [7, 11) is 0. The summed E-state index contributed by atoms with van der Waals surface area (Å²) in [6.07, 6.45) is 3.34. The standard InChI is InChI=1S/C15H17N3O3/c1-2-13(11-6-4-3-5-7-11)17-14(19)10-18-9-12(8-16-18)15(20)21/h3-9,13H,2,10H2,1H3,(H,17,19)(H,20,21). The Kier molecular flexibility index (Phi) is 4.71. The fourth-order valence-electron chi connectivity index (χ4n) is 2.05. The number of hydrogen-bond acceptors (Lipinski definition) is 3. The summed E-state index contributed by atoms with van der Waals surface area (Å²) < 4.78 is 1.32. The van der Waals surface area contributed by atoms with E-state index in [1.807, 2.05) is 37.3 Å². The number of nitrogens with one attached hydrogen (secondary N) is 1. The average molecular weight is 287 g/mol. The van der Waals surface area contributed by atoms with Crippen LogP contribution in [0.2, 0.25) is 0 Å². The molecule has 0 aliphatic carbocycles. The molecule has 2 rings (SSSR count). The van der Waals surface area contributed by atoms with Crippen LogP contribution >= 0.6 is 0 Å². The Labute approximate surface area is 122 Å². The first-order valence-corrected chi connectivity index (χ1v) is 6.70. The van der Waals surface area contributed by atoms with Crippen LogP contribution in [0.4, 0.5) is 0 Å². The SMILES string of the molecule is CCC(NC(=O)Cn1cc(C(=O)O)cn1)c1ccccc1. The van der Waals surface area contributed by atoms with Crippen LogP contribution in [0, 0.1) is 0 Å². The monoisotopic (exact) mass is 287 g/mol. The summed E-state index contributed by atoms with van der Waals surface area (Å²) in [5.41, 5.74) is 1.11. The second kappa shape index (κ2) is 6.69. The summed E-state index contributed by atoms with van der Waals surface area (Å²) in [4.78, 5) is 22.8. The van der Waals surface area contributed by atoms with Crippen LogP contribution in [0.3, 0.4) is 0 Å². The van der Waals surface area contributed by atoms with Crippen LogP contribution < -0.4 is 5.32 Å². The van der Waals surface area contributed by atoms with E-state index in [1.54, 1.807) is 0 Å². The van der Waals surface area contributed by atoms with E-state index in [2.05, 4.69) is 10.4 Å². The van der Waals surface area contributed by atoms with Crippen LogP contribution in [-0.4, -0.2) is 26.8 Å². The number of aromatic nitrogens is 2. The summed E-state index contributed by atoms with van der Waals surface area (Å²) in [6.45, 7) is 1.99. The van der Waals surface area contributed by atoms with E-state index in [0.29, 0.717) is 0 Å². The number of carbonyl (C=O) groups is 2. The predicted molar refractivity (Wildman–Crippen MR) is 76.8 cm³/mol. The number of hydrogen-bond donors (Lipinski definition) is 2. The molecule has 1 unspecified atom stereocenters. The molecule has 21 heavy (non-hydrogen) atoms. The van der Waals surface area contributed by atoms with E-state index in [9.17, 15) is 9.59 Å². The predicted octanol–water partition coefficient (Wildman–Crippen LogP) is 1.85. The highest BCUT2D eigenvalue weighted by molar-refractivity contribution is 5.87. The van der Waals surface area contributed by atoms with Gasteiger partial charge in [-0.1, -0.05) is 37.3 Å². The minimum atomic E-state index is -1.06. The molecule has 0 fully saturated rings. The third kappa shape index (κ3) is 3.92.